The van der Waals surface area contributed by atoms with E-state index < -0.39 is 0 Å². The highest BCUT2D eigenvalue weighted by Gasteiger charge is 2.46. The predicted molar refractivity (Wildman–Crippen MR) is 151 cm³/mol. The van der Waals surface area contributed by atoms with Crippen molar-refractivity contribution in [1.82, 2.24) is 17.9 Å². The molecule has 0 bridgehead atoms. The number of rotatable bonds is 0. The first-order valence-electron chi connectivity index (χ1n) is 12.9. The van der Waals surface area contributed by atoms with Crippen LogP contribution < -0.4 is 16.4 Å². The van der Waals surface area contributed by atoms with E-state index in [4.69, 9.17) is 0 Å². The summed E-state index contributed by atoms with van der Waals surface area (Å²) in [5, 5.41) is 0. The molecule has 3 aliphatic rings. The van der Waals surface area contributed by atoms with Gasteiger partial charge >= 0.3 is 0 Å². The second kappa shape index (κ2) is 5.42. The first-order chi connectivity index (χ1) is 18.4. The first kappa shape index (κ1) is 17.5. The molecule has 168 valence electrons. The molecule has 0 saturated carbocycles. The molecule has 0 aliphatic carbocycles. The lowest BCUT2D eigenvalue weighted by molar-refractivity contribution is 1.11. The number of fused-ring (bicyclic) bond motifs is 11. The van der Waals surface area contributed by atoms with E-state index in [1.165, 1.54) is 83.4 Å². The summed E-state index contributed by atoms with van der Waals surface area (Å²) >= 11 is 0. The Morgan fingerprint density at radius 3 is 1.38 bits per heavy atom. The van der Waals surface area contributed by atoms with E-state index in [0.717, 1.165) is 0 Å². The highest BCUT2D eigenvalue weighted by atomic mass is 15.2. The fraction of sp³-hybridized carbons (Fsp3) is 0. The van der Waals surface area contributed by atoms with Gasteiger partial charge in [0.25, 0.3) is 6.71 Å². The molecule has 0 unspecified atom stereocenters. The lowest BCUT2D eigenvalue weighted by atomic mass is 9.34. The molecule has 0 radical (unpaired) electrons. The standard InChI is InChI=1S/C32H17BN4/c1-2-9-19-18(8-1)20-16-34-22-10-3-5-12-24(22)36-26-14-7-15-27-30(26)33(28(20)31(34)36)29-21(19)17-35-23-11-4-6-13-25(23)37(27)32(29)35/h1-17H. The van der Waals surface area contributed by atoms with Crippen LogP contribution in [0, 0.1) is 0 Å². The van der Waals surface area contributed by atoms with Crippen LogP contribution in [0.25, 0.3) is 67.0 Å². The maximum Gasteiger partial charge on any atom is 0.258 e. The molecule has 5 heteroatoms. The molecule has 0 spiro atoms. The van der Waals surface area contributed by atoms with Crippen LogP contribution >= 0.6 is 0 Å². The van der Waals surface area contributed by atoms with E-state index in [-0.39, 0.29) is 6.71 Å². The summed E-state index contributed by atoms with van der Waals surface area (Å²) in [5.41, 5.74) is 19.9. The molecule has 0 amide bonds. The number of hydrogen-bond acceptors (Lipinski definition) is 0. The molecule has 37 heavy (non-hydrogen) atoms. The summed E-state index contributed by atoms with van der Waals surface area (Å²) in [6.45, 7) is 0.187. The lowest BCUT2D eigenvalue weighted by Gasteiger charge is -2.31. The summed E-state index contributed by atoms with van der Waals surface area (Å²) in [5.74, 6) is 0. The number of imidazole rings is 2. The van der Waals surface area contributed by atoms with Gasteiger partial charge in [-0.05, 0) is 75.0 Å². The van der Waals surface area contributed by atoms with Gasteiger partial charge in [0.1, 0.15) is 11.3 Å². The molecule has 0 atom stereocenters. The number of hydrogen-bond donors (Lipinski definition) is 0. The summed E-state index contributed by atoms with van der Waals surface area (Å²) in [7, 11) is 0. The molecule has 0 saturated heterocycles. The molecule has 11 rings (SSSR count). The third kappa shape index (κ3) is 1.66. The summed E-state index contributed by atoms with van der Waals surface area (Å²) < 4.78 is 9.91. The van der Waals surface area contributed by atoms with Crippen molar-refractivity contribution >= 4 is 56.5 Å². The predicted octanol–water partition coefficient (Wildman–Crippen LogP) is 4.87. The molecule has 7 heterocycles. The Hall–Kier alpha value is -4.90. The van der Waals surface area contributed by atoms with Crippen LogP contribution in [0.4, 0.5) is 0 Å². The molecule has 4 nitrogen and oxygen atoms in total. The zero-order valence-corrected chi connectivity index (χ0v) is 19.7. The minimum atomic E-state index is 0.187. The molecule has 0 N–H and O–H groups in total. The van der Waals surface area contributed by atoms with Crippen LogP contribution in [0.2, 0.25) is 0 Å². The number of nitrogens with zero attached hydrogens (tertiary/aromatic N) is 4. The van der Waals surface area contributed by atoms with Crippen molar-refractivity contribution in [3.63, 3.8) is 0 Å². The van der Waals surface area contributed by atoms with Gasteiger partial charge in [-0.3, -0.25) is 9.13 Å². The van der Waals surface area contributed by atoms with Crippen molar-refractivity contribution in [3.05, 3.63) is 103 Å². The largest absolute Gasteiger partial charge is 0.301 e. The average molecular weight is 468 g/mol. The Kier molecular flexibility index (Phi) is 2.57. The second-order valence-corrected chi connectivity index (χ2v) is 10.6. The fourth-order valence-corrected chi connectivity index (χ4v) is 7.88. The minimum absolute atomic E-state index is 0.187. The first-order valence-corrected chi connectivity index (χ1v) is 12.9. The smallest absolute Gasteiger partial charge is 0.258 e. The normalized spacial score (nSPS) is 13.9. The van der Waals surface area contributed by atoms with Gasteiger partial charge in [0.2, 0.25) is 0 Å². The second-order valence-electron chi connectivity index (χ2n) is 10.6. The van der Waals surface area contributed by atoms with Gasteiger partial charge in [-0.2, -0.15) is 0 Å². The molecular weight excluding hydrogens is 451 g/mol. The van der Waals surface area contributed by atoms with Gasteiger partial charge in [0.05, 0.1) is 22.1 Å². The van der Waals surface area contributed by atoms with Gasteiger partial charge in [-0.25, -0.2) is 0 Å². The van der Waals surface area contributed by atoms with Crippen LogP contribution in [-0.2, 0) is 0 Å². The molecular formula is C32H17BN4. The Bertz CT molecular complexity index is 2210. The SMILES string of the molecule is c1ccc2c(c1)-c1cn3c4ccccc4n4c3c1B1c3c-4cccc3-n3c4ccccc4n4cc-2c1c34. The van der Waals surface area contributed by atoms with E-state index >= 15 is 0 Å². The van der Waals surface area contributed by atoms with Gasteiger partial charge in [-0.15, -0.1) is 0 Å². The van der Waals surface area contributed by atoms with Crippen molar-refractivity contribution < 1.29 is 0 Å². The van der Waals surface area contributed by atoms with E-state index in [0.29, 0.717) is 0 Å². The van der Waals surface area contributed by atoms with Crippen molar-refractivity contribution in [2.24, 2.45) is 0 Å². The maximum atomic E-state index is 2.51. The fourth-order valence-electron chi connectivity index (χ4n) is 7.88. The van der Waals surface area contributed by atoms with Crippen LogP contribution in [-0.4, -0.2) is 24.6 Å². The number of para-hydroxylation sites is 4. The van der Waals surface area contributed by atoms with Crippen LogP contribution in [0.15, 0.2) is 103 Å². The van der Waals surface area contributed by atoms with E-state index in [2.05, 4.69) is 121 Å². The molecule has 3 aliphatic heterocycles. The quantitative estimate of drug-likeness (QED) is 0.283. The van der Waals surface area contributed by atoms with E-state index in [1.54, 1.807) is 0 Å². The zero-order chi connectivity index (χ0) is 23.6. The van der Waals surface area contributed by atoms with Gasteiger partial charge < -0.3 is 8.80 Å². The maximum absolute atomic E-state index is 2.51. The third-order valence-electron chi connectivity index (χ3n) is 9.14. The zero-order valence-electron chi connectivity index (χ0n) is 19.7. The minimum Gasteiger partial charge on any atom is -0.301 e. The monoisotopic (exact) mass is 468 g/mol. The summed E-state index contributed by atoms with van der Waals surface area (Å²) in [6.07, 6.45) is 4.79. The molecule has 0 fully saturated rings. The Balaban J connectivity index is 1.51. The summed E-state index contributed by atoms with van der Waals surface area (Å²) in [6, 6.07) is 33.6. The molecule has 8 aromatic rings. The Morgan fingerprint density at radius 1 is 0.405 bits per heavy atom. The highest BCUT2D eigenvalue weighted by molar-refractivity contribution is 7.01. The van der Waals surface area contributed by atoms with Crippen LogP contribution in [0.5, 0.6) is 0 Å². The summed E-state index contributed by atoms with van der Waals surface area (Å²) in [4.78, 5) is 0. The number of aromatic nitrogens is 4. The van der Waals surface area contributed by atoms with Gasteiger partial charge in [0, 0.05) is 23.8 Å². The topological polar surface area (TPSA) is 18.7 Å². The average Bonchev–Trinajstić information content (AvgIpc) is 3.67. The number of benzene rings is 4. The molecule has 4 aromatic heterocycles. The van der Waals surface area contributed by atoms with Crippen molar-refractivity contribution in [2.45, 2.75) is 0 Å². The Labute approximate surface area is 211 Å². The third-order valence-corrected chi connectivity index (χ3v) is 9.14. The Morgan fingerprint density at radius 2 is 0.865 bits per heavy atom. The van der Waals surface area contributed by atoms with Crippen LogP contribution in [0.3, 0.4) is 0 Å². The van der Waals surface area contributed by atoms with Gasteiger partial charge in [-0.1, -0.05) is 54.6 Å². The van der Waals surface area contributed by atoms with E-state index in [1.807, 2.05) is 0 Å². The van der Waals surface area contributed by atoms with Gasteiger partial charge in [0.15, 0.2) is 0 Å². The van der Waals surface area contributed by atoms with Crippen LogP contribution in [0.1, 0.15) is 0 Å². The van der Waals surface area contributed by atoms with Crippen molar-refractivity contribution in [3.8, 4) is 33.6 Å². The van der Waals surface area contributed by atoms with E-state index in [9.17, 15) is 0 Å². The van der Waals surface area contributed by atoms with Crippen molar-refractivity contribution in [2.75, 3.05) is 0 Å². The lowest BCUT2D eigenvalue weighted by Crippen LogP contribution is -2.59. The highest BCUT2D eigenvalue weighted by Crippen LogP contribution is 2.43. The van der Waals surface area contributed by atoms with Crippen molar-refractivity contribution in [1.29, 1.82) is 0 Å². The molecule has 4 aromatic carbocycles.